The predicted octanol–water partition coefficient (Wildman–Crippen LogP) is 1.84. The van der Waals surface area contributed by atoms with Gasteiger partial charge >= 0.3 is 0 Å². The first-order chi connectivity index (χ1) is 26.5. The normalized spacial score (nSPS) is 23.3. The molecule has 2 aromatic rings. The molecule has 0 unspecified atom stereocenters. The van der Waals surface area contributed by atoms with Gasteiger partial charge in [-0.25, -0.2) is 0 Å². The Morgan fingerprint density at radius 2 is 1.25 bits per heavy atom. The number of amides is 6. The van der Waals surface area contributed by atoms with Crippen molar-refractivity contribution in [1.82, 2.24) is 26.6 Å². The van der Waals surface area contributed by atoms with Crippen molar-refractivity contribution in [1.29, 1.82) is 0 Å². The predicted molar refractivity (Wildman–Crippen MR) is 207 cm³/mol. The highest BCUT2D eigenvalue weighted by atomic mass is 16.2. The van der Waals surface area contributed by atoms with Crippen LogP contribution < -0.4 is 38.1 Å². The summed E-state index contributed by atoms with van der Waals surface area (Å²) >= 11 is 0. The standard InChI is InChI=1S/C41H55N7O7/c42-23-9-7-16-32-40(54)48-34(25-27-11-3-1-4-12-27)41(55)47-33(26-28-17-19-30(20-18-28)37(51)29-13-5-2-6-14-29)39(53)44-24-10-8-15-31(38(43)52)45-35(49)21-22-36(50)46-32/h2,5-6,13-14,17-22,27,31-34H,1,3-4,7-12,15-16,23-26,42H2,(H2,43,52)(H,44,53)(H,45,49)(H,46,50)(H,47,55)(H,48,54)/b22-21+/t31-,32+,33+,34+/m0/s1. The van der Waals surface area contributed by atoms with Crippen molar-refractivity contribution in [2.45, 2.75) is 108 Å². The maximum atomic E-state index is 14.2. The van der Waals surface area contributed by atoms with Crippen molar-refractivity contribution in [2.24, 2.45) is 17.4 Å². The molecule has 14 heteroatoms. The summed E-state index contributed by atoms with van der Waals surface area (Å²) in [6.45, 7) is 0.591. The topological polar surface area (TPSA) is 232 Å². The van der Waals surface area contributed by atoms with Crippen LogP contribution in [0.3, 0.4) is 0 Å². The minimum Gasteiger partial charge on any atom is -0.368 e. The quantitative estimate of drug-likeness (QED) is 0.132. The van der Waals surface area contributed by atoms with E-state index in [4.69, 9.17) is 11.5 Å². The Hall–Kier alpha value is -5.37. The SMILES string of the molecule is NCCCC[C@H]1NC(=O)/C=C/C(=O)N[C@H](C(N)=O)CCCCNC(=O)[C@@H](Cc2ccc(C(=O)c3ccccc3)cc2)NC(=O)[C@@H](CC2CCCCC2)NC1=O. The fraction of sp³-hybridized carbons (Fsp3) is 0.488. The average Bonchev–Trinajstić information content (AvgIpc) is 3.18. The number of benzene rings is 2. The highest BCUT2D eigenvalue weighted by molar-refractivity contribution is 6.09. The first kappa shape index (κ1) is 42.4. The summed E-state index contributed by atoms with van der Waals surface area (Å²) in [7, 11) is 0. The largest absolute Gasteiger partial charge is 0.368 e. The van der Waals surface area contributed by atoms with Crippen LogP contribution in [0, 0.1) is 5.92 Å². The Labute approximate surface area is 322 Å². The number of hydrogen-bond acceptors (Lipinski definition) is 8. The number of nitrogens with two attached hydrogens (primary N) is 2. The van der Waals surface area contributed by atoms with E-state index in [-0.39, 0.29) is 37.5 Å². The first-order valence-electron chi connectivity index (χ1n) is 19.4. The second-order valence-corrected chi connectivity index (χ2v) is 14.4. The van der Waals surface area contributed by atoms with Gasteiger partial charge in [-0.3, -0.25) is 33.6 Å². The molecular weight excluding hydrogens is 702 g/mol. The van der Waals surface area contributed by atoms with Gasteiger partial charge in [-0.1, -0.05) is 86.7 Å². The zero-order valence-corrected chi connectivity index (χ0v) is 31.4. The van der Waals surface area contributed by atoms with Crippen molar-refractivity contribution < 1.29 is 33.6 Å². The Kier molecular flexibility index (Phi) is 17.0. The summed E-state index contributed by atoms with van der Waals surface area (Å²) in [5.41, 5.74) is 12.9. The van der Waals surface area contributed by atoms with Crippen LogP contribution in [-0.2, 0) is 35.2 Å². The Morgan fingerprint density at radius 1 is 0.636 bits per heavy atom. The van der Waals surface area contributed by atoms with Crippen LogP contribution in [0.2, 0.25) is 0 Å². The van der Waals surface area contributed by atoms with Crippen LogP contribution in [0.5, 0.6) is 0 Å². The third-order valence-corrected chi connectivity index (χ3v) is 10.1. The fourth-order valence-electron chi connectivity index (χ4n) is 6.97. The number of ketones is 1. The lowest BCUT2D eigenvalue weighted by atomic mass is 9.84. The molecule has 2 aliphatic rings. The van der Waals surface area contributed by atoms with E-state index in [9.17, 15) is 33.6 Å². The zero-order chi connectivity index (χ0) is 39.6. The van der Waals surface area contributed by atoms with Crippen molar-refractivity contribution in [3.05, 3.63) is 83.4 Å². The van der Waals surface area contributed by atoms with Gasteiger partial charge in [-0.2, -0.15) is 0 Å². The molecule has 55 heavy (non-hydrogen) atoms. The summed E-state index contributed by atoms with van der Waals surface area (Å²) in [5.74, 6) is -3.71. The number of nitrogens with one attached hydrogen (secondary N) is 5. The maximum Gasteiger partial charge on any atom is 0.244 e. The molecule has 1 fully saturated rings. The maximum absolute atomic E-state index is 14.2. The fourth-order valence-corrected chi connectivity index (χ4v) is 6.97. The molecule has 1 aliphatic carbocycles. The van der Waals surface area contributed by atoms with Gasteiger partial charge in [0.25, 0.3) is 0 Å². The van der Waals surface area contributed by atoms with Gasteiger partial charge < -0.3 is 38.1 Å². The molecule has 0 radical (unpaired) electrons. The van der Waals surface area contributed by atoms with Crippen molar-refractivity contribution in [3.8, 4) is 0 Å². The van der Waals surface area contributed by atoms with E-state index in [0.29, 0.717) is 55.3 Å². The lowest BCUT2D eigenvalue weighted by Gasteiger charge is -2.29. The molecule has 0 spiro atoms. The summed E-state index contributed by atoms with van der Waals surface area (Å²) in [6, 6.07) is 11.7. The van der Waals surface area contributed by atoms with E-state index in [2.05, 4.69) is 26.6 Å². The summed E-state index contributed by atoms with van der Waals surface area (Å²) < 4.78 is 0. The number of carbonyl (C=O) groups is 7. The zero-order valence-electron chi connectivity index (χ0n) is 31.4. The van der Waals surface area contributed by atoms with Crippen LogP contribution >= 0.6 is 0 Å². The van der Waals surface area contributed by atoms with Gasteiger partial charge in [0.15, 0.2) is 5.78 Å². The minimum absolute atomic E-state index is 0.0986. The number of carbonyl (C=O) groups excluding carboxylic acids is 7. The highest BCUT2D eigenvalue weighted by Crippen LogP contribution is 2.27. The van der Waals surface area contributed by atoms with Crippen molar-refractivity contribution in [3.63, 3.8) is 0 Å². The molecule has 4 rings (SSSR count). The Bertz CT molecular complexity index is 1660. The number of unbranched alkanes of at least 4 members (excludes halogenated alkanes) is 1. The molecule has 1 saturated carbocycles. The van der Waals surface area contributed by atoms with Gasteiger partial charge in [0.05, 0.1) is 0 Å². The third-order valence-electron chi connectivity index (χ3n) is 10.1. The van der Waals surface area contributed by atoms with Crippen LogP contribution in [0.4, 0.5) is 0 Å². The van der Waals surface area contributed by atoms with Crippen LogP contribution in [-0.4, -0.2) is 78.5 Å². The van der Waals surface area contributed by atoms with Gasteiger partial charge in [-0.05, 0) is 63.0 Å². The van der Waals surface area contributed by atoms with Gasteiger partial charge in [-0.15, -0.1) is 0 Å². The Balaban J connectivity index is 1.61. The molecule has 1 aliphatic heterocycles. The number of rotatable bonds is 11. The highest BCUT2D eigenvalue weighted by Gasteiger charge is 2.32. The molecule has 0 aromatic heterocycles. The van der Waals surface area contributed by atoms with E-state index in [1.807, 2.05) is 6.07 Å². The smallest absolute Gasteiger partial charge is 0.244 e. The first-order valence-corrected chi connectivity index (χ1v) is 19.4. The molecular formula is C41H55N7O7. The molecule has 1 heterocycles. The van der Waals surface area contributed by atoms with E-state index in [1.54, 1.807) is 48.5 Å². The van der Waals surface area contributed by atoms with Crippen LogP contribution in [0.25, 0.3) is 0 Å². The number of primary amides is 1. The van der Waals surface area contributed by atoms with Crippen molar-refractivity contribution >= 4 is 41.2 Å². The minimum atomic E-state index is -1.05. The lowest BCUT2D eigenvalue weighted by Crippen LogP contribution is -2.57. The molecule has 2 aromatic carbocycles. The molecule has 0 bridgehead atoms. The molecule has 0 saturated heterocycles. The number of hydrogen-bond donors (Lipinski definition) is 7. The van der Waals surface area contributed by atoms with Gasteiger partial charge in [0.2, 0.25) is 35.4 Å². The summed E-state index contributed by atoms with van der Waals surface area (Å²) in [4.78, 5) is 92.4. The van der Waals surface area contributed by atoms with Gasteiger partial charge in [0, 0.05) is 36.2 Å². The lowest BCUT2D eigenvalue weighted by molar-refractivity contribution is -0.133. The molecule has 4 atom stereocenters. The molecule has 9 N–H and O–H groups in total. The molecule has 296 valence electrons. The third kappa shape index (κ3) is 14.1. The average molecular weight is 758 g/mol. The second-order valence-electron chi connectivity index (χ2n) is 14.4. The molecule has 6 amide bonds. The monoisotopic (exact) mass is 757 g/mol. The van der Waals surface area contributed by atoms with Crippen molar-refractivity contribution in [2.75, 3.05) is 13.1 Å². The second kappa shape index (κ2) is 22.1. The van der Waals surface area contributed by atoms with Crippen LogP contribution in [0.1, 0.15) is 98.5 Å². The summed E-state index contributed by atoms with van der Waals surface area (Å²) in [5, 5.41) is 13.8. The van der Waals surface area contributed by atoms with Crippen LogP contribution in [0.15, 0.2) is 66.7 Å². The van der Waals surface area contributed by atoms with E-state index >= 15 is 0 Å². The van der Waals surface area contributed by atoms with E-state index in [1.165, 1.54) is 0 Å². The van der Waals surface area contributed by atoms with Gasteiger partial charge in [0.1, 0.15) is 24.2 Å². The Morgan fingerprint density at radius 3 is 1.93 bits per heavy atom. The van der Waals surface area contributed by atoms with E-state index in [0.717, 1.165) is 44.3 Å². The summed E-state index contributed by atoms with van der Waals surface area (Å²) in [6.07, 6.45) is 9.70. The van der Waals surface area contributed by atoms with E-state index < -0.39 is 59.6 Å². The molecule has 14 nitrogen and oxygen atoms in total.